The fourth-order valence-electron chi connectivity index (χ4n) is 0.814. The molecule has 0 aromatic rings. The predicted octanol–water partition coefficient (Wildman–Crippen LogP) is 0.227. The predicted molar refractivity (Wildman–Crippen MR) is 52.1 cm³/mol. The van der Waals surface area contributed by atoms with Crippen LogP contribution in [0.2, 0.25) is 6.04 Å². The van der Waals surface area contributed by atoms with Crippen molar-refractivity contribution in [2.24, 2.45) is 0 Å². The third kappa shape index (κ3) is 6.50. The van der Waals surface area contributed by atoms with Crippen molar-refractivity contribution in [3.63, 3.8) is 0 Å². The molecule has 76 valence electrons. The monoisotopic (exact) mass is 204 g/mol. The summed E-state index contributed by atoms with van der Waals surface area (Å²) in [4.78, 5) is 10.6. The van der Waals surface area contributed by atoms with Crippen molar-refractivity contribution in [1.82, 2.24) is 0 Å². The van der Waals surface area contributed by atoms with Crippen LogP contribution in [0.1, 0.15) is 6.42 Å². The zero-order valence-electron chi connectivity index (χ0n) is 8.12. The molecule has 0 saturated carbocycles. The van der Waals surface area contributed by atoms with Gasteiger partial charge in [0.1, 0.15) is 0 Å². The highest BCUT2D eigenvalue weighted by atomic mass is 28.2. The van der Waals surface area contributed by atoms with Gasteiger partial charge in [0.2, 0.25) is 9.76 Å². The number of rotatable bonds is 7. The van der Waals surface area contributed by atoms with Crippen molar-refractivity contribution in [3.8, 4) is 0 Å². The molecule has 0 N–H and O–H groups in total. The van der Waals surface area contributed by atoms with Gasteiger partial charge in [0.25, 0.3) is 0 Å². The molecule has 0 aliphatic heterocycles. The van der Waals surface area contributed by atoms with Crippen LogP contribution in [-0.4, -0.2) is 36.2 Å². The molecule has 0 bridgehead atoms. The Bertz CT molecular complexity index is 156. The van der Waals surface area contributed by atoms with E-state index in [0.717, 1.165) is 12.5 Å². The average Bonchev–Trinajstić information content (AvgIpc) is 2.18. The van der Waals surface area contributed by atoms with Crippen LogP contribution in [0.4, 0.5) is 0 Å². The quantitative estimate of drug-likeness (QED) is 0.258. The fraction of sp³-hybridized carbons (Fsp3) is 0.625. The van der Waals surface area contributed by atoms with Crippen LogP contribution in [0.5, 0.6) is 0 Å². The van der Waals surface area contributed by atoms with E-state index in [-0.39, 0.29) is 12.3 Å². The number of carbonyl (C=O) groups is 1. The molecule has 0 aliphatic carbocycles. The van der Waals surface area contributed by atoms with E-state index in [0.29, 0.717) is 0 Å². The summed E-state index contributed by atoms with van der Waals surface area (Å²) in [6.07, 6.45) is 1.76. The molecule has 0 aromatic heterocycles. The Morgan fingerprint density at radius 1 is 1.54 bits per heavy atom. The van der Waals surface area contributed by atoms with Crippen molar-refractivity contribution in [2.75, 3.05) is 14.2 Å². The molecule has 0 rings (SSSR count). The lowest BCUT2D eigenvalue weighted by molar-refractivity contribution is -0.129. The molecule has 0 saturated heterocycles. The Labute approximate surface area is 80.8 Å². The Morgan fingerprint density at radius 2 is 2.15 bits per heavy atom. The topological polar surface area (TPSA) is 44.8 Å². The van der Waals surface area contributed by atoms with Crippen LogP contribution in [-0.2, 0) is 18.7 Å². The number of hydrogen-bond donors (Lipinski definition) is 0. The summed E-state index contributed by atoms with van der Waals surface area (Å²) in [7, 11) is 2.39. The third-order valence-corrected chi connectivity index (χ3v) is 2.71. The highest BCUT2D eigenvalue weighted by Crippen LogP contribution is 2.01. The van der Waals surface area contributed by atoms with Crippen molar-refractivity contribution in [1.29, 1.82) is 0 Å². The van der Waals surface area contributed by atoms with Gasteiger partial charge in [-0.15, -0.1) is 0 Å². The van der Waals surface area contributed by atoms with Crippen molar-refractivity contribution >= 4 is 15.7 Å². The Balaban J connectivity index is 3.33. The van der Waals surface area contributed by atoms with E-state index in [1.54, 1.807) is 14.2 Å². The second-order valence-electron chi connectivity index (χ2n) is 2.41. The third-order valence-electron chi connectivity index (χ3n) is 1.52. The summed E-state index contributed by atoms with van der Waals surface area (Å²) in [5.74, 6) is -0.335. The lowest BCUT2D eigenvalue weighted by Crippen LogP contribution is -2.14. The summed E-state index contributed by atoms with van der Waals surface area (Å²) in [6, 6.07) is 0.853. The minimum absolute atomic E-state index is 0.185. The SMILES string of the molecule is C=CC(=O)O[SiH2]CCC(OC)OC. The molecule has 0 aromatic carbocycles. The standard InChI is InChI=1S/C8H16O4Si/c1-4-7(9)12-13-6-5-8(10-2)11-3/h4,8H,1,5-6,13H2,2-3H3. The largest absolute Gasteiger partial charge is 0.522 e. The molecule has 0 heterocycles. The van der Waals surface area contributed by atoms with E-state index in [1.165, 1.54) is 6.08 Å². The molecule has 0 atom stereocenters. The number of carbonyl (C=O) groups excluding carboxylic acids is 1. The fourth-order valence-corrected chi connectivity index (χ4v) is 1.78. The first-order valence-corrected chi connectivity index (χ1v) is 5.67. The van der Waals surface area contributed by atoms with Gasteiger partial charge >= 0.3 is 5.97 Å². The van der Waals surface area contributed by atoms with Gasteiger partial charge in [-0.25, -0.2) is 4.79 Å². The molecule has 0 fully saturated rings. The van der Waals surface area contributed by atoms with Gasteiger partial charge < -0.3 is 13.9 Å². The van der Waals surface area contributed by atoms with Crippen LogP contribution in [0.15, 0.2) is 12.7 Å². The second-order valence-corrected chi connectivity index (χ2v) is 3.82. The summed E-state index contributed by atoms with van der Waals surface area (Å²) >= 11 is 0. The lowest BCUT2D eigenvalue weighted by Gasteiger charge is -2.12. The van der Waals surface area contributed by atoms with Crippen LogP contribution < -0.4 is 0 Å². The smallest absolute Gasteiger partial charge is 0.316 e. The maximum absolute atomic E-state index is 10.6. The Kier molecular flexibility index (Phi) is 7.57. The zero-order valence-corrected chi connectivity index (χ0v) is 9.53. The number of hydrogen-bond acceptors (Lipinski definition) is 4. The molecule has 13 heavy (non-hydrogen) atoms. The molecule has 0 spiro atoms. The van der Waals surface area contributed by atoms with E-state index in [9.17, 15) is 4.79 Å². The molecule has 4 nitrogen and oxygen atoms in total. The lowest BCUT2D eigenvalue weighted by atomic mass is 10.5. The highest BCUT2D eigenvalue weighted by Gasteiger charge is 2.05. The first-order chi connectivity index (χ1) is 6.24. The summed E-state index contributed by atoms with van der Waals surface area (Å²) in [5, 5.41) is 0. The maximum atomic E-state index is 10.6. The van der Waals surface area contributed by atoms with Gasteiger partial charge in [0, 0.05) is 20.3 Å². The average molecular weight is 204 g/mol. The molecule has 5 heteroatoms. The van der Waals surface area contributed by atoms with Crippen molar-refractivity contribution < 1.29 is 18.7 Å². The first kappa shape index (κ1) is 12.3. The van der Waals surface area contributed by atoms with Crippen molar-refractivity contribution in [3.05, 3.63) is 12.7 Å². The molecule has 0 amide bonds. The zero-order chi connectivity index (χ0) is 10.1. The first-order valence-electron chi connectivity index (χ1n) is 4.09. The van der Waals surface area contributed by atoms with Crippen LogP contribution in [0.3, 0.4) is 0 Å². The molecule has 0 aliphatic rings. The highest BCUT2D eigenvalue weighted by molar-refractivity contribution is 6.31. The van der Waals surface area contributed by atoms with E-state index in [4.69, 9.17) is 13.9 Å². The van der Waals surface area contributed by atoms with Crippen LogP contribution in [0, 0.1) is 0 Å². The van der Waals surface area contributed by atoms with E-state index in [2.05, 4.69) is 6.58 Å². The van der Waals surface area contributed by atoms with Gasteiger partial charge in [0.05, 0.1) is 0 Å². The molecular weight excluding hydrogens is 188 g/mol. The normalized spacial score (nSPS) is 11.0. The minimum atomic E-state index is -0.789. The summed E-state index contributed by atoms with van der Waals surface area (Å²) in [6.45, 7) is 3.31. The van der Waals surface area contributed by atoms with Crippen LogP contribution in [0.25, 0.3) is 0 Å². The van der Waals surface area contributed by atoms with Gasteiger partial charge in [-0.1, -0.05) is 6.58 Å². The van der Waals surface area contributed by atoms with E-state index in [1.807, 2.05) is 0 Å². The molecule has 0 unspecified atom stereocenters. The minimum Gasteiger partial charge on any atom is -0.522 e. The molecule has 0 radical (unpaired) electrons. The van der Waals surface area contributed by atoms with E-state index >= 15 is 0 Å². The summed E-state index contributed by atoms with van der Waals surface area (Å²) < 4.78 is 14.8. The van der Waals surface area contributed by atoms with Gasteiger partial charge in [-0.2, -0.15) is 0 Å². The Hall–Kier alpha value is -0.653. The Morgan fingerprint density at radius 3 is 2.62 bits per heavy atom. The second kappa shape index (κ2) is 7.97. The number of ether oxygens (including phenoxy) is 2. The maximum Gasteiger partial charge on any atom is 0.316 e. The van der Waals surface area contributed by atoms with Gasteiger partial charge in [-0.3, -0.25) is 0 Å². The van der Waals surface area contributed by atoms with E-state index < -0.39 is 9.76 Å². The number of methoxy groups -OCH3 is 2. The molecular formula is C8H16O4Si. The van der Waals surface area contributed by atoms with Crippen molar-refractivity contribution in [2.45, 2.75) is 18.8 Å². The van der Waals surface area contributed by atoms with Crippen LogP contribution >= 0.6 is 0 Å². The summed E-state index contributed by atoms with van der Waals surface area (Å²) in [5.41, 5.74) is 0. The van der Waals surface area contributed by atoms with Gasteiger partial charge in [0.15, 0.2) is 6.29 Å². The van der Waals surface area contributed by atoms with Gasteiger partial charge in [-0.05, 0) is 12.5 Å².